The predicted octanol–water partition coefficient (Wildman–Crippen LogP) is 2.27. The minimum absolute atomic E-state index is 0.0831. The zero-order valence-electron chi connectivity index (χ0n) is 16.5. The highest BCUT2D eigenvalue weighted by molar-refractivity contribution is 5.77. The summed E-state index contributed by atoms with van der Waals surface area (Å²) in [5.41, 5.74) is 6.49. The first kappa shape index (κ1) is 24.1. The number of nitrogens with two attached hydrogens (primary N) is 1. The molecule has 0 bridgehead atoms. The Bertz CT molecular complexity index is 703. The second-order valence-corrected chi connectivity index (χ2v) is 7.67. The van der Waals surface area contributed by atoms with Crippen LogP contribution in [0.5, 0.6) is 0 Å². The van der Waals surface area contributed by atoms with Crippen LogP contribution in [0.25, 0.3) is 0 Å². The van der Waals surface area contributed by atoms with Crippen molar-refractivity contribution in [2.45, 2.75) is 43.9 Å². The zero-order valence-corrected chi connectivity index (χ0v) is 16.5. The quantitative estimate of drug-likeness (QED) is 0.550. The summed E-state index contributed by atoms with van der Waals surface area (Å²) in [4.78, 5) is 24.4. The summed E-state index contributed by atoms with van der Waals surface area (Å²) in [7, 11) is 0. The van der Waals surface area contributed by atoms with Crippen molar-refractivity contribution in [3.05, 3.63) is 35.6 Å². The summed E-state index contributed by atoms with van der Waals surface area (Å²) in [6.45, 7) is 1.65. The van der Waals surface area contributed by atoms with Crippen LogP contribution in [0.1, 0.15) is 24.8 Å². The van der Waals surface area contributed by atoms with Crippen LogP contribution in [0.2, 0.25) is 0 Å². The number of carboxylic acid groups (broad SMARTS) is 1. The Morgan fingerprint density at radius 1 is 1.23 bits per heavy atom. The number of alkyl halides is 3. The topological polar surface area (TPSA) is 86.9 Å². The van der Waals surface area contributed by atoms with Gasteiger partial charge < -0.3 is 15.7 Å². The number of likely N-dealkylation sites (tertiary alicyclic amines) is 2. The molecule has 2 aliphatic heterocycles. The number of hydrogen-bond donors (Lipinski definition) is 2. The Labute approximate surface area is 172 Å². The van der Waals surface area contributed by atoms with E-state index in [2.05, 4.69) is 0 Å². The Hall–Kier alpha value is -2.20. The van der Waals surface area contributed by atoms with Crippen LogP contribution in [0, 0.1) is 11.7 Å². The number of hydrogen-bond acceptors (Lipinski definition) is 4. The third-order valence-electron chi connectivity index (χ3n) is 5.60. The molecule has 2 saturated heterocycles. The van der Waals surface area contributed by atoms with Gasteiger partial charge in [0, 0.05) is 31.6 Å². The Kier molecular flexibility index (Phi) is 8.60. The lowest BCUT2D eigenvalue weighted by Crippen LogP contribution is -2.62. The molecule has 10 heteroatoms. The van der Waals surface area contributed by atoms with Crippen LogP contribution in [0.4, 0.5) is 17.6 Å². The van der Waals surface area contributed by atoms with Crippen LogP contribution in [0.15, 0.2) is 24.3 Å². The molecule has 0 aliphatic carbocycles. The summed E-state index contributed by atoms with van der Waals surface area (Å²) in [6.07, 6.45) is -3.43. The maximum Gasteiger partial charge on any atom is 0.391 e. The van der Waals surface area contributed by atoms with Crippen molar-refractivity contribution < 1.29 is 32.3 Å². The van der Waals surface area contributed by atoms with E-state index in [1.54, 1.807) is 23.1 Å². The summed E-state index contributed by atoms with van der Waals surface area (Å²) in [5.74, 6) is -1.62. The maximum atomic E-state index is 13.7. The molecule has 3 N–H and O–H groups in total. The average molecular weight is 433 g/mol. The van der Waals surface area contributed by atoms with E-state index in [0.29, 0.717) is 38.2 Å². The first-order chi connectivity index (χ1) is 14.2. The van der Waals surface area contributed by atoms with Gasteiger partial charge >= 0.3 is 6.18 Å². The predicted molar refractivity (Wildman–Crippen MR) is 102 cm³/mol. The van der Waals surface area contributed by atoms with Gasteiger partial charge in [0.2, 0.25) is 5.91 Å². The van der Waals surface area contributed by atoms with Crippen LogP contribution in [-0.2, 0) is 16.0 Å². The van der Waals surface area contributed by atoms with E-state index in [-0.39, 0.29) is 43.5 Å². The first-order valence-corrected chi connectivity index (χ1v) is 9.81. The number of halogens is 4. The summed E-state index contributed by atoms with van der Waals surface area (Å²) < 4.78 is 51.8. The fourth-order valence-corrected chi connectivity index (χ4v) is 3.85. The molecule has 168 valence electrons. The van der Waals surface area contributed by atoms with Crippen molar-refractivity contribution in [1.82, 2.24) is 9.80 Å². The number of benzene rings is 1. The van der Waals surface area contributed by atoms with Gasteiger partial charge in [-0.1, -0.05) is 18.2 Å². The Morgan fingerprint density at radius 2 is 1.80 bits per heavy atom. The second kappa shape index (κ2) is 10.7. The molecule has 1 aromatic rings. The SMILES string of the molecule is NC(CC(=O)N1CC(N2CCC(C(F)(F)F)CC2)C1)Cc1ccccc1F.O=CO. The van der Waals surface area contributed by atoms with Crippen molar-refractivity contribution >= 4 is 12.4 Å². The minimum atomic E-state index is -4.11. The van der Waals surface area contributed by atoms with Crippen LogP contribution >= 0.6 is 0 Å². The third-order valence-corrected chi connectivity index (χ3v) is 5.60. The molecule has 2 fully saturated rings. The summed E-state index contributed by atoms with van der Waals surface area (Å²) in [5, 5.41) is 6.89. The molecule has 1 amide bonds. The van der Waals surface area contributed by atoms with E-state index in [4.69, 9.17) is 15.6 Å². The van der Waals surface area contributed by atoms with Gasteiger partial charge in [-0.2, -0.15) is 13.2 Å². The minimum Gasteiger partial charge on any atom is -0.483 e. The molecular weight excluding hydrogens is 406 g/mol. The lowest BCUT2D eigenvalue weighted by atomic mass is 9.93. The number of rotatable bonds is 5. The van der Waals surface area contributed by atoms with Crippen molar-refractivity contribution in [3.8, 4) is 0 Å². The highest BCUT2D eigenvalue weighted by Crippen LogP contribution is 2.35. The van der Waals surface area contributed by atoms with Crippen molar-refractivity contribution in [3.63, 3.8) is 0 Å². The van der Waals surface area contributed by atoms with Crippen molar-refractivity contribution in [2.24, 2.45) is 11.7 Å². The molecule has 2 aliphatic rings. The lowest BCUT2D eigenvalue weighted by molar-refractivity contribution is -0.187. The van der Waals surface area contributed by atoms with Gasteiger partial charge in [0.25, 0.3) is 6.47 Å². The monoisotopic (exact) mass is 433 g/mol. The first-order valence-electron chi connectivity index (χ1n) is 9.81. The zero-order chi connectivity index (χ0) is 22.3. The van der Waals surface area contributed by atoms with Gasteiger partial charge in [-0.05, 0) is 44.0 Å². The normalized spacial score (nSPS) is 19.4. The number of carbonyl (C=O) groups excluding carboxylic acids is 1. The van der Waals surface area contributed by atoms with E-state index < -0.39 is 18.1 Å². The van der Waals surface area contributed by atoms with Gasteiger partial charge in [-0.25, -0.2) is 4.39 Å². The molecule has 1 aromatic carbocycles. The molecule has 3 rings (SSSR count). The standard InChI is InChI=1S/C19H25F4N3O.CH2O2/c20-17-4-2-1-3-13(17)9-15(24)10-18(27)26-11-16(12-26)25-7-5-14(6-8-25)19(21,22)23;2-1-3/h1-4,14-16H,5-12,24H2;1H,(H,2,3). The second-order valence-electron chi connectivity index (χ2n) is 7.67. The molecule has 1 atom stereocenters. The highest BCUT2D eigenvalue weighted by Gasteiger charge is 2.43. The van der Waals surface area contributed by atoms with E-state index >= 15 is 0 Å². The van der Waals surface area contributed by atoms with Crippen LogP contribution in [-0.4, -0.2) is 71.7 Å². The molecular formula is C20H27F4N3O3. The van der Waals surface area contributed by atoms with E-state index in [0.717, 1.165) is 0 Å². The van der Waals surface area contributed by atoms with E-state index in [1.807, 2.05) is 4.90 Å². The molecule has 0 aromatic heterocycles. The van der Waals surface area contributed by atoms with Gasteiger partial charge in [0.1, 0.15) is 5.82 Å². The van der Waals surface area contributed by atoms with E-state index in [9.17, 15) is 22.4 Å². The smallest absolute Gasteiger partial charge is 0.391 e. The van der Waals surface area contributed by atoms with Crippen molar-refractivity contribution in [1.29, 1.82) is 0 Å². The molecule has 6 nitrogen and oxygen atoms in total. The van der Waals surface area contributed by atoms with Gasteiger partial charge in [-0.3, -0.25) is 14.5 Å². The van der Waals surface area contributed by atoms with Crippen LogP contribution < -0.4 is 5.73 Å². The van der Waals surface area contributed by atoms with Crippen molar-refractivity contribution in [2.75, 3.05) is 26.2 Å². The number of carbonyl (C=O) groups is 2. The van der Waals surface area contributed by atoms with Crippen LogP contribution in [0.3, 0.4) is 0 Å². The van der Waals surface area contributed by atoms with Gasteiger partial charge in [0.15, 0.2) is 0 Å². The molecule has 0 spiro atoms. The Morgan fingerprint density at radius 3 is 2.33 bits per heavy atom. The Balaban J connectivity index is 0.00000101. The lowest BCUT2D eigenvalue weighted by Gasteiger charge is -2.48. The molecule has 0 radical (unpaired) electrons. The number of nitrogens with zero attached hydrogens (tertiary/aromatic N) is 2. The molecule has 1 unspecified atom stereocenters. The maximum absolute atomic E-state index is 13.7. The number of amides is 1. The fraction of sp³-hybridized carbons (Fsp3) is 0.600. The van der Waals surface area contributed by atoms with E-state index in [1.165, 1.54) is 6.07 Å². The third kappa shape index (κ3) is 6.66. The van der Waals surface area contributed by atoms with Gasteiger partial charge in [-0.15, -0.1) is 0 Å². The molecule has 30 heavy (non-hydrogen) atoms. The molecule has 0 saturated carbocycles. The average Bonchev–Trinajstić information content (AvgIpc) is 2.63. The fourth-order valence-electron chi connectivity index (χ4n) is 3.85. The molecule has 2 heterocycles. The van der Waals surface area contributed by atoms with Gasteiger partial charge in [0.05, 0.1) is 5.92 Å². The largest absolute Gasteiger partial charge is 0.483 e. The highest BCUT2D eigenvalue weighted by atomic mass is 19.4. The number of piperidine rings is 1. The summed E-state index contributed by atoms with van der Waals surface area (Å²) in [6, 6.07) is 6.03. The summed E-state index contributed by atoms with van der Waals surface area (Å²) >= 11 is 0.